The maximum Gasteiger partial charge on any atom is 0.138 e. The molecule has 0 aromatic heterocycles. The zero-order valence-electron chi connectivity index (χ0n) is 8.17. The van der Waals surface area contributed by atoms with Crippen LogP contribution in [0.2, 0.25) is 0 Å². The van der Waals surface area contributed by atoms with Crippen LogP contribution in [0.15, 0.2) is 0 Å². The number of piperidine rings is 1. The molecule has 0 aliphatic carbocycles. The minimum atomic E-state index is -0.582. The maximum absolute atomic E-state index is 5.14. The van der Waals surface area contributed by atoms with E-state index in [1.54, 1.807) is 0 Å². The molecule has 90 valence electrons. The Kier molecular flexibility index (Phi) is 5.31. The Morgan fingerprint density at radius 3 is 2.13 bits per heavy atom. The highest BCUT2D eigenvalue weighted by Gasteiger charge is 2.41. The predicted octanol–water partition coefficient (Wildman–Crippen LogP) is -3.37. The first-order valence-corrected chi connectivity index (χ1v) is 4.40. The summed E-state index contributed by atoms with van der Waals surface area (Å²) < 4.78 is 0. The van der Waals surface area contributed by atoms with Gasteiger partial charge in [0, 0.05) is 6.54 Å². The van der Waals surface area contributed by atoms with Gasteiger partial charge in [0.25, 0.3) is 0 Å². The van der Waals surface area contributed by atoms with Crippen molar-refractivity contribution in [1.29, 1.82) is 0 Å². The molecule has 0 saturated carbocycles. The van der Waals surface area contributed by atoms with Gasteiger partial charge in [0.15, 0.2) is 0 Å². The number of hydrogen-bond acceptors (Lipinski definition) is 9. The molecule has 1 heterocycles. The van der Waals surface area contributed by atoms with E-state index in [1.807, 2.05) is 0 Å². The van der Waals surface area contributed by atoms with Crippen molar-refractivity contribution in [2.24, 2.45) is 23.6 Å². The molecule has 1 aliphatic rings. The van der Waals surface area contributed by atoms with E-state index in [2.05, 4.69) is 15.0 Å². The maximum atomic E-state index is 5.14. The molecule has 1 fully saturated rings. The van der Waals surface area contributed by atoms with Gasteiger partial charge in [-0.1, -0.05) is 0 Å². The Bertz CT molecular complexity index is 185. The van der Waals surface area contributed by atoms with Crippen LogP contribution in [-0.2, 0) is 19.4 Å². The summed E-state index contributed by atoms with van der Waals surface area (Å²) >= 11 is 0. The highest BCUT2D eigenvalue weighted by atomic mass is 16.7. The van der Waals surface area contributed by atoms with Crippen LogP contribution < -0.4 is 28.9 Å². The Balaban J connectivity index is 2.65. The van der Waals surface area contributed by atoms with Gasteiger partial charge in [-0.15, -0.1) is 0 Å². The van der Waals surface area contributed by atoms with Crippen molar-refractivity contribution in [3.05, 3.63) is 0 Å². The first-order valence-electron chi connectivity index (χ1n) is 4.40. The Morgan fingerprint density at radius 1 is 1.00 bits per heavy atom. The molecule has 9 N–H and O–H groups in total. The average Bonchev–Trinajstić information content (AvgIpc) is 2.28. The first kappa shape index (κ1) is 12.7. The predicted molar refractivity (Wildman–Crippen MR) is 49.1 cm³/mol. The summed E-state index contributed by atoms with van der Waals surface area (Å²) in [7, 11) is 0. The van der Waals surface area contributed by atoms with Crippen molar-refractivity contribution in [1.82, 2.24) is 5.32 Å². The minimum Gasteiger partial charge on any atom is -0.307 e. The van der Waals surface area contributed by atoms with Crippen molar-refractivity contribution in [2.75, 3.05) is 13.2 Å². The van der Waals surface area contributed by atoms with Crippen molar-refractivity contribution >= 4 is 0 Å². The quantitative estimate of drug-likeness (QED) is 0.300. The van der Waals surface area contributed by atoms with Gasteiger partial charge in [-0.3, -0.25) is 14.5 Å². The van der Waals surface area contributed by atoms with E-state index in [0.29, 0.717) is 6.54 Å². The first-order chi connectivity index (χ1) is 7.28. The van der Waals surface area contributed by atoms with Crippen LogP contribution in [0.1, 0.15) is 0 Å². The van der Waals surface area contributed by atoms with E-state index in [0.717, 1.165) is 0 Å². The van der Waals surface area contributed by atoms with Crippen LogP contribution in [0.25, 0.3) is 0 Å². The third-order valence-electron chi connectivity index (χ3n) is 2.43. The van der Waals surface area contributed by atoms with Crippen molar-refractivity contribution in [3.8, 4) is 0 Å². The zero-order chi connectivity index (χ0) is 11.3. The largest absolute Gasteiger partial charge is 0.307 e. The molecule has 0 spiro atoms. The van der Waals surface area contributed by atoms with Crippen LogP contribution in [0.3, 0.4) is 0 Å². The molecule has 0 bridgehead atoms. The van der Waals surface area contributed by atoms with Crippen LogP contribution in [0.4, 0.5) is 0 Å². The molecule has 0 amide bonds. The molecular weight excluding hydrogens is 206 g/mol. The van der Waals surface area contributed by atoms with E-state index in [4.69, 9.17) is 33.3 Å². The van der Waals surface area contributed by atoms with Crippen LogP contribution >= 0.6 is 0 Å². The third-order valence-corrected chi connectivity index (χ3v) is 2.43. The van der Waals surface area contributed by atoms with E-state index < -0.39 is 18.3 Å². The van der Waals surface area contributed by atoms with E-state index in [9.17, 15) is 0 Å². The highest BCUT2D eigenvalue weighted by Crippen LogP contribution is 2.16. The molecular formula is C6H17N5O4. The molecule has 1 saturated heterocycles. The molecule has 9 heteroatoms. The number of nitrogens with two attached hydrogens (primary N) is 4. The second-order valence-electron chi connectivity index (χ2n) is 3.22. The van der Waals surface area contributed by atoms with Crippen molar-refractivity contribution in [3.63, 3.8) is 0 Å². The summed E-state index contributed by atoms with van der Waals surface area (Å²) in [5.74, 6) is 20.3. The SMILES string of the molecule is NOC[C@H]1NC[C@H](ON)[C@@H](ON)[C@@H]1ON. The number of nitrogens with one attached hydrogen (secondary N) is 1. The lowest BCUT2D eigenvalue weighted by Gasteiger charge is -2.39. The van der Waals surface area contributed by atoms with Crippen LogP contribution in [0.5, 0.6) is 0 Å². The van der Waals surface area contributed by atoms with Gasteiger partial charge >= 0.3 is 0 Å². The van der Waals surface area contributed by atoms with Gasteiger partial charge in [-0.05, 0) is 0 Å². The molecule has 1 rings (SSSR count). The topological polar surface area (TPSA) is 153 Å². The summed E-state index contributed by atoms with van der Waals surface area (Å²) in [6.45, 7) is 0.644. The van der Waals surface area contributed by atoms with E-state index in [-0.39, 0.29) is 12.6 Å². The van der Waals surface area contributed by atoms with Crippen LogP contribution in [0, 0.1) is 0 Å². The van der Waals surface area contributed by atoms with Gasteiger partial charge in [0.1, 0.15) is 18.3 Å². The second kappa shape index (κ2) is 6.27. The smallest absolute Gasteiger partial charge is 0.138 e. The van der Waals surface area contributed by atoms with Gasteiger partial charge in [0.05, 0.1) is 12.6 Å². The summed E-state index contributed by atoms with van der Waals surface area (Å²) in [5, 5.41) is 3.04. The summed E-state index contributed by atoms with van der Waals surface area (Å²) in [6, 6.07) is -0.236. The third kappa shape index (κ3) is 2.81. The summed E-state index contributed by atoms with van der Waals surface area (Å²) in [5.41, 5.74) is 0. The fraction of sp³-hybridized carbons (Fsp3) is 1.00. The average molecular weight is 223 g/mol. The number of rotatable bonds is 5. The van der Waals surface area contributed by atoms with Gasteiger partial charge < -0.3 is 10.2 Å². The fourth-order valence-corrected chi connectivity index (χ4v) is 1.66. The molecule has 0 unspecified atom stereocenters. The second-order valence-corrected chi connectivity index (χ2v) is 3.22. The normalized spacial score (nSPS) is 36.8. The summed E-state index contributed by atoms with van der Waals surface area (Å²) in [6.07, 6.45) is -1.58. The molecule has 1 aliphatic heterocycles. The minimum absolute atomic E-state index is 0.207. The standard InChI is InChI=1S/C6H17N5O4/c7-12-2-3-5(14-9)6(15-10)4(13-8)1-11-3/h3-6,11H,1-2,7-10H2/t3-,4+,5-,6-/m1/s1. The molecule has 9 nitrogen and oxygen atoms in total. The van der Waals surface area contributed by atoms with E-state index in [1.165, 1.54) is 0 Å². The van der Waals surface area contributed by atoms with Gasteiger partial charge in [-0.25, -0.2) is 23.6 Å². The van der Waals surface area contributed by atoms with Crippen LogP contribution in [-0.4, -0.2) is 37.5 Å². The zero-order valence-corrected chi connectivity index (χ0v) is 8.17. The molecule has 0 radical (unpaired) electrons. The fourth-order valence-electron chi connectivity index (χ4n) is 1.66. The lowest BCUT2D eigenvalue weighted by molar-refractivity contribution is -0.175. The lowest BCUT2D eigenvalue weighted by Crippen LogP contribution is -2.65. The summed E-state index contributed by atoms with van der Waals surface area (Å²) in [4.78, 5) is 18.7. The Morgan fingerprint density at radius 2 is 1.67 bits per heavy atom. The highest BCUT2D eigenvalue weighted by molar-refractivity contribution is 4.94. The Labute approximate surface area is 86.7 Å². The monoisotopic (exact) mass is 223 g/mol. The molecule has 15 heavy (non-hydrogen) atoms. The van der Waals surface area contributed by atoms with E-state index >= 15 is 0 Å². The molecule has 4 atom stereocenters. The van der Waals surface area contributed by atoms with Gasteiger partial charge in [-0.2, -0.15) is 0 Å². The Hall–Kier alpha value is -0.360. The van der Waals surface area contributed by atoms with Crippen molar-refractivity contribution < 1.29 is 19.4 Å². The van der Waals surface area contributed by atoms with Crippen molar-refractivity contribution in [2.45, 2.75) is 24.4 Å². The van der Waals surface area contributed by atoms with Gasteiger partial charge in [0.2, 0.25) is 0 Å². The lowest BCUT2D eigenvalue weighted by atomic mass is 9.96. The molecule has 0 aromatic rings. The molecule has 0 aromatic carbocycles. The number of hydrogen-bond donors (Lipinski definition) is 5.